The number of nitrogens with zero attached hydrogens (tertiary/aromatic N) is 1. The van der Waals surface area contributed by atoms with E-state index in [0.717, 1.165) is 22.4 Å². The fourth-order valence-electron chi connectivity index (χ4n) is 1.92. The van der Waals surface area contributed by atoms with E-state index in [2.05, 4.69) is 4.98 Å². The van der Waals surface area contributed by atoms with E-state index in [9.17, 15) is 0 Å². The Labute approximate surface area is 116 Å². The molecule has 4 nitrogen and oxygen atoms in total. The summed E-state index contributed by atoms with van der Waals surface area (Å²) in [6.45, 7) is 0. The van der Waals surface area contributed by atoms with Crippen molar-refractivity contribution in [2.75, 3.05) is 12.8 Å². The molecule has 0 radical (unpaired) electrons. The third-order valence-corrected chi connectivity index (χ3v) is 2.96. The molecule has 3 aromatic rings. The number of nitrogens with two attached hydrogens (primary N) is 1. The van der Waals surface area contributed by atoms with Crippen LogP contribution in [0.15, 0.2) is 46.9 Å². The molecule has 0 aliphatic carbocycles. The van der Waals surface area contributed by atoms with Crippen LogP contribution in [0.2, 0.25) is 0 Å². The summed E-state index contributed by atoms with van der Waals surface area (Å²) in [7, 11) is 1.65. The van der Waals surface area contributed by atoms with Gasteiger partial charge in [0.05, 0.1) is 7.11 Å². The van der Waals surface area contributed by atoms with Gasteiger partial charge in [0.2, 0.25) is 5.89 Å². The van der Waals surface area contributed by atoms with Crippen LogP contribution in [0.1, 0.15) is 11.5 Å². The standard InChI is InChI=1S/C16H14N2O2/c1-19-13-6-2-11(3-7-13)4-9-16-18-14-10-12(17)5-8-15(14)20-16/h2-10H,17H2,1H3/b9-4+. The third kappa shape index (κ3) is 2.49. The molecule has 0 saturated carbocycles. The van der Waals surface area contributed by atoms with E-state index in [0.29, 0.717) is 11.6 Å². The maximum absolute atomic E-state index is 5.71. The molecular weight excluding hydrogens is 252 g/mol. The highest BCUT2D eigenvalue weighted by Gasteiger charge is 2.02. The lowest BCUT2D eigenvalue weighted by atomic mass is 10.2. The number of hydrogen-bond acceptors (Lipinski definition) is 4. The Kier molecular flexibility index (Phi) is 3.13. The molecule has 0 bridgehead atoms. The Morgan fingerprint density at radius 3 is 2.65 bits per heavy atom. The average Bonchev–Trinajstić information content (AvgIpc) is 2.87. The van der Waals surface area contributed by atoms with E-state index >= 15 is 0 Å². The highest BCUT2D eigenvalue weighted by molar-refractivity contribution is 5.79. The number of aromatic nitrogens is 1. The summed E-state index contributed by atoms with van der Waals surface area (Å²) >= 11 is 0. The molecule has 0 fully saturated rings. The van der Waals surface area contributed by atoms with Crippen molar-refractivity contribution < 1.29 is 9.15 Å². The van der Waals surface area contributed by atoms with E-state index in [1.54, 1.807) is 19.2 Å². The highest BCUT2D eigenvalue weighted by atomic mass is 16.5. The zero-order valence-electron chi connectivity index (χ0n) is 11.0. The normalized spacial score (nSPS) is 11.2. The van der Waals surface area contributed by atoms with Gasteiger partial charge in [0.25, 0.3) is 0 Å². The Hall–Kier alpha value is -2.75. The van der Waals surface area contributed by atoms with Crippen molar-refractivity contribution in [1.82, 2.24) is 4.98 Å². The second kappa shape index (κ2) is 5.09. The zero-order chi connectivity index (χ0) is 13.9. The predicted molar refractivity (Wildman–Crippen MR) is 80.3 cm³/mol. The van der Waals surface area contributed by atoms with E-state index in [4.69, 9.17) is 14.9 Å². The van der Waals surface area contributed by atoms with Crippen LogP contribution in [0.4, 0.5) is 5.69 Å². The highest BCUT2D eigenvalue weighted by Crippen LogP contribution is 2.20. The topological polar surface area (TPSA) is 61.3 Å². The van der Waals surface area contributed by atoms with Crippen molar-refractivity contribution in [2.24, 2.45) is 0 Å². The monoisotopic (exact) mass is 266 g/mol. The maximum Gasteiger partial charge on any atom is 0.220 e. The number of methoxy groups -OCH3 is 1. The fourth-order valence-corrected chi connectivity index (χ4v) is 1.92. The average molecular weight is 266 g/mol. The number of oxazole rings is 1. The summed E-state index contributed by atoms with van der Waals surface area (Å²) in [4.78, 5) is 4.36. The first-order valence-electron chi connectivity index (χ1n) is 6.23. The lowest BCUT2D eigenvalue weighted by Gasteiger charge is -1.98. The van der Waals surface area contributed by atoms with Gasteiger partial charge in [0.1, 0.15) is 11.3 Å². The van der Waals surface area contributed by atoms with Gasteiger partial charge in [-0.2, -0.15) is 0 Å². The molecule has 1 aromatic heterocycles. The van der Waals surface area contributed by atoms with Crippen molar-refractivity contribution in [3.8, 4) is 5.75 Å². The minimum Gasteiger partial charge on any atom is -0.497 e. The van der Waals surface area contributed by atoms with Crippen molar-refractivity contribution in [2.45, 2.75) is 0 Å². The van der Waals surface area contributed by atoms with Gasteiger partial charge in [-0.1, -0.05) is 12.1 Å². The van der Waals surface area contributed by atoms with Crippen molar-refractivity contribution >= 4 is 28.9 Å². The van der Waals surface area contributed by atoms with Crippen molar-refractivity contribution in [3.05, 3.63) is 53.9 Å². The number of rotatable bonds is 3. The molecule has 1 heterocycles. The second-order valence-electron chi connectivity index (χ2n) is 4.39. The molecule has 0 amide bonds. The first kappa shape index (κ1) is 12.3. The van der Waals surface area contributed by atoms with E-state index < -0.39 is 0 Å². The van der Waals surface area contributed by atoms with Gasteiger partial charge >= 0.3 is 0 Å². The molecule has 3 rings (SSSR count). The van der Waals surface area contributed by atoms with Crippen LogP contribution in [-0.4, -0.2) is 12.1 Å². The summed E-state index contributed by atoms with van der Waals surface area (Å²) in [5, 5.41) is 0. The Balaban J connectivity index is 1.85. The largest absolute Gasteiger partial charge is 0.497 e. The molecule has 0 spiro atoms. The molecule has 2 N–H and O–H groups in total. The molecule has 4 heteroatoms. The van der Waals surface area contributed by atoms with Crippen LogP contribution in [0, 0.1) is 0 Å². The minimum atomic E-state index is 0.557. The molecule has 20 heavy (non-hydrogen) atoms. The van der Waals surface area contributed by atoms with Gasteiger partial charge in [0.15, 0.2) is 5.58 Å². The Morgan fingerprint density at radius 2 is 1.90 bits per heavy atom. The fraction of sp³-hybridized carbons (Fsp3) is 0.0625. The Morgan fingerprint density at radius 1 is 1.10 bits per heavy atom. The summed E-state index contributed by atoms with van der Waals surface area (Å²) in [6, 6.07) is 13.2. The van der Waals surface area contributed by atoms with E-state index in [1.807, 2.05) is 42.5 Å². The SMILES string of the molecule is COc1ccc(/C=C/c2nc3cc(N)ccc3o2)cc1. The van der Waals surface area contributed by atoms with Crippen LogP contribution in [-0.2, 0) is 0 Å². The van der Waals surface area contributed by atoms with Gasteiger partial charge in [-0.25, -0.2) is 4.98 Å². The maximum atomic E-state index is 5.71. The minimum absolute atomic E-state index is 0.557. The quantitative estimate of drug-likeness (QED) is 0.736. The first-order valence-corrected chi connectivity index (χ1v) is 6.23. The van der Waals surface area contributed by atoms with Crippen LogP contribution in [0.5, 0.6) is 5.75 Å². The second-order valence-corrected chi connectivity index (χ2v) is 4.39. The van der Waals surface area contributed by atoms with Crippen LogP contribution >= 0.6 is 0 Å². The molecule has 2 aromatic carbocycles. The van der Waals surface area contributed by atoms with Gasteiger partial charge < -0.3 is 14.9 Å². The number of fused-ring (bicyclic) bond motifs is 1. The van der Waals surface area contributed by atoms with Crippen LogP contribution in [0.3, 0.4) is 0 Å². The van der Waals surface area contributed by atoms with Crippen molar-refractivity contribution in [1.29, 1.82) is 0 Å². The number of benzene rings is 2. The summed E-state index contributed by atoms with van der Waals surface area (Å²) in [5.74, 6) is 1.39. The number of hydrogen-bond donors (Lipinski definition) is 1. The molecule has 0 atom stereocenters. The van der Waals surface area contributed by atoms with Crippen molar-refractivity contribution in [3.63, 3.8) is 0 Å². The molecule has 0 saturated heterocycles. The molecule has 0 unspecified atom stereocenters. The molecule has 0 aliphatic heterocycles. The smallest absolute Gasteiger partial charge is 0.220 e. The zero-order valence-corrected chi connectivity index (χ0v) is 11.0. The molecule has 0 aliphatic rings. The first-order chi connectivity index (χ1) is 9.74. The lowest BCUT2D eigenvalue weighted by Crippen LogP contribution is -1.82. The number of ether oxygens (including phenoxy) is 1. The van der Waals surface area contributed by atoms with Crippen LogP contribution < -0.4 is 10.5 Å². The van der Waals surface area contributed by atoms with Gasteiger partial charge in [0, 0.05) is 11.8 Å². The molecule has 100 valence electrons. The number of anilines is 1. The molecular formula is C16H14N2O2. The third-order valence-electron chi connectivity index (χ3n) is 2.96. The van der Waals surface area contributed by atoms with Crippen LogP contribution in [0.25, 0.3) is 23.3 Å². The van der Waals surface area contributed by atoms with E-state index in [1.165, 1.54) is 0 Å². The number of nitrogen functional groups attached to an aromatic ring is 1. The summed E-state index contributed by atoms with van der Waals surface area (Å²) in [6.07, 6.45) is 3.77. The van der Waals surface area contributed by atoms with Gasteiger partial charge in [-0.3, -0.25) is 0 Å². The van der Waals surface area contributed by atoms with Gasteiger partial charge in [-0.05, 0) is 42.0 Å². The predicted octanol–water partition coefficient (Wildman–Crippen LogP) is 3.59. The summed E-state index contributed by atoms with van der Waals surface area (Å²) in [5.41, 5.74) is 8.93. The Bertz CT molecular complexity index is 758. The summed E-state index contributed by atoms with van der Waals surface area (Å²) < 4.78 is 10.7. The van der Waals surface area contributed by atoms with E-state index in [-0.39, 0.29) is 0 Å². The van der Waals surface area contributed by atoms with Gasteiger partial charge in [-0.15, -0.1) is 0 Å². The lowest BCUT2D eigenvalue weighted by molar-refractivity contribution is 0.415.